The molecule has 2 aromatic rings. The van der Waals surface area contributed by atoms with Crippen LogP contribution in [0.4, 0.5) is 0 Å². The Kier molecular flexibility index (Phi) is 6.29. The molecule has 25 heavy (non-hydrogen) atoms. The van der Waals surface area contributed by atoms with Crippen LogP contribution in [0.5, 0.6) is 0 Å². The Hall–Kier alpha value is -1.62. The molecule has 2 nitrogen and oxygen atoms in total. The van der Waals surface area contributed by atoms with E-state index in [-0.39, 0.29) is 10.7 Å². The molecule has 0 aliphatic carbocycles. The largest absolute Gasteiger partial charge is 0.154 e. The molecule has 0 saturated carbocycles. The summed E-state index contributed by atoms with van der Waals surface area (Å²) in [5.74, 6) is 0. The molecule has 1 atom stereocenters. The first-order valence-corrected chi connectivity index (χ1v) is 10.4. The van der Waals surface area contributed by atoms with E-state index in [9.17, 15) is 0 Å². The lowest BCUT2D eigenvalue weighted by atomic mass is 10.1. The molecular weight excluding hydrogens is 368 g/mol. The Morgan fingerprint density at radius 3 is 2.28 bits per heavy atom. The van der Waals surface area contributed by atoms with Gasteiger partial charge in [-0.05, 0) is 71.9 Å². The van der Waals surface area contributed by atoms with Crippen LogP contribution in [0.15, 0.2) is 90.4 Å². The van der Waals surface area contributed by atoms with Gasteiger partial charge in [0, 0.05) is 31.9 Å². The second-order valence-electron chi connectivity index (χ2n) is 5.78. The molecule has 0 saturated heterocycles. The highest BCUT2D eigenvalue weighted by Crippen LogP contribution is 2.29. The van der Waals surface area contributed by atoms with Crippen LogP contribution in [0.25, 0.3) is 0 Å². The lowest BCUT2D eigenvalue weighted by Gasteiger charge is -2.07. The molecule has 1 unspecified atom stereocenters. The van der Waals surface area contributed by atoms with Gasteiger partial charge in [-0.25, -0.2) is 0 Å². The number of hydrogen-bond donors (Lipinski definition) is 0. The molecule has 0 radical (unpaired) electrons. The minimum atomic E-state index is -0.225. The maximum atomic E-state index is 5.93. The fraction of sp³-hybridized carbons (Fsp3) is 0.150. The van der Waals surface area contributed by atoms with Crippen LogP contribution >= 0.6 is 23.4 Å². The molecule has 1 aliphatic rings. The van der Waals surface area contributed by atoms with Crippen LogP contribution in [0.1, 0.15) is 19.4 Å². The van der Waals surface area contributed by atoms with Gasteiger partial charge < -0.3 is 0 Å². The van der Waals surface area contributed by atoms with E-state index in [0.29, 0.717) is 0 Å². The van der Waals surface area contributed by atoms with Crippen molar-refractivity contribution in [2.75, 3.05) is 0 Å². The average molecular weight is 387 g/mol. The van der Waals surface area contributed by atoms with Gasteiger partial charge in [0.2, 0.25) is 0 Å². The van der Waals surface area contributed by atoms with Crippen molar-refractivity contribution in [3.63, 3.8) is 0 Å². The molecule has 5 heteroatoms. The molecule has 3 rings (SSSR count). The molecule has 1 heterocycles. The zero-order chi connectivity index (χ0) is 17.6. The van der Waals surface area contributed by atoms with Gasteiger partial charge >= 0.3 is 0 Å². The van der Waals surface area contributed by atoms with Crippen molar-refractivity contribution in [2.45, 2.75) is 30.1 Å². The second-order valence-corrected chi connectivity index (χ2v) is 8.95. The van der Waals surface area contributed by atoms with Gasteiger partial charge in [-0.15, -0.1) is 4.47 Å². The van der Waals surface area contributed by atoms with Gasteiger partial charge in [0.1, 0.15) is 0 Å². The Bertz CT molecular complexity index is 860. The molecule has 2 aromatic carbocycles. The molecule has 0 fully saturated rings. The van der Waals surface area contributed by atoms with Gasteiger partial charge in [-0.1, -0.05) is 47.6 Å². The first kappa shape index (κ1) is 18.2. The third-order valence-corrected chi connectivity index (χ3v) is 6.20. The Morgan fingerprint density at radius 1 is 1.00 bits per heavy atom. The monoisotopic (exact) mass is 386 g/mol. The lowest BCUT2D eigenvalue weighted by molar-refractivity contribution is 1.21. The van der Waals surface area contributed by atoms with Gasteiger partial charge in [0.25, 0.3) is 0 Å². The summed E-state index contributed by atoms with van der Waals surface area (Å²) in [6, 6.07) is 16.6. The van der Waals surface area contributed by atoms with Gasteiger partial charge in [0.05, 0.1) is 0 Å². The van der Waals surface area contributed by atoms with Crippen LogP contribution < -0.4 is 0 Å². The van der Waals surface area contributed by atoms with E-state index in [4.69, 9.17) is 11.6 Å². The molecular formula is C20H19ClN2S2. The molecule has 0 N–H and O–H groups in total. The van der Waals surface area contributed by atoms with E-state index in [2.05, 4.69) is 51.4 Å². The van der Waals surface area contributed by atoms with Crippen molar-refractivity contribution in [2.24, 2.45) is 9.57 Å². The number of halogens is 1. The summed E-state index contributed by atoms with van der Waals surface area (Å²) in [7, 11) is -0.225. The number of nitrogens with zero attached hydrogens (tertiary/aromatic N) is 2. The second kappa shape index (κ2) is 8.65. The summed E-state index contributed by atoms with van der Waals surface area (Å²) < 4.78 is 4.43. The fourth-order valence-electron chi connectivity index (χ4n) is 2.23. The van der Waals surface area contributed by atoms with Gasteiger partial charge in [-0.3, -0.25) is 0 Å². The van der Waals surface area contributed by atoms with Crippen LogP contribution in [0.2, 0.25) is 5.02 Å². The molecule has 0 bridgehead atoms. The summed E-state index contributed by atoms with van der Waals surface area (Å²) in [5.41, 5.74) is 2.27. The van der Waals surface area contributed by atoms with Crippen molar-refractivity contribution in [1.82, 2.24) is 0 Å². The summed E-state index contributed by atoms with van der Waals surface area (Å²) >= 11 is 7.67. The first-order valence-electron chi connectivity index (χ1n) is 7.95. The summed E-state index contributed by atoms with van der Waals surface area (Å²) in [5, 5.41) is 7.10. The summed E-state index contributed by atoms with van der Waals surface area (Å²) in [6.07, 6.45) is 5.14. The zero-order valence-corrected chi connectivity index (χ0v) is 16.5. The van der Waals surface area contributed by atoms with Crippen LogP contribution in [-0.4, -0.2) is 5.71 Å². The minimum Gasteiger partial charge on any atom is -0.154 e. The maximum Gasteiger partial charge on any atom is 0.0406 e. The predicted octanol–water partition coefficient (Wildman–Crippen LogP) is 6.64. The van der Waals surface area contributed by atoms with Crippen molar-refractivity contribution in [1.29, 1.82) is 0 Å². The fourth-order valence-corrected chi connectivity index (χ4v) is 4.52. The zero-order valence-electron chi connectivity index (χ0n) is 14.1. The molecule has 128 valence electrons. The summed E-state index contributed by atoms with van der Waals surface area (Å²) in [4.78, 5) is 3.72. The Balaban J connectivity index is 1.66. The van der Waals surface area contributed by atoms with Crippen LogP contribution in [-0.2, 0) is 17.1 Å². The summed E-state index contributed by atoms with van der Waals surface area (Å²) in [6.45, 7) is 3.93. The predicted molar refractivity (Wildman–Crippen MR) is 112 cm³/mol. The highest BCUT2D eigenvalue weighted by Gasteiger charge is 2.08. The van der Waals surface area contributed by atoms with Crippen LogP contribution in [0.3, 0.4) is 0 Å². The average Bonchev–Trinajstić information content (AvgIpc) is 3.04. The first-order chi connectivity index (χ1) is 12.1. The van der Waals surface area contributed by atoms with E-state index in [1.54, 1.807) is 11.8 Å². The molecule has 0 aromatic heterocycles. The lowest BCUT2D eigenvalue weighted by Crippen LogP contribution is -1.93. The van der Waals surface area contributed by atoms with Crippen molar-refractivity contribution >= 4 is 39.8 Å². The standard InChI is InChI=1S/C20H19ClN2S2/c1-15(2)22-23-25-13-3-4-20(25)14-16-5-9-18(10-6-16)24-19-11-7-17(21)8-12-19/h3-13H,14H2,1-2H3. The number of allylic oxidation sites excluding steroid dienone is 3. The minimum absolute atomic E-state index is 0.225. The Morgan fingerprint density at radius 2 is 1.64 bits per heavy atom. The quantitative estimate of drug-likeness (QED) is 0.417. The van der Waals surface area contributed by atoms with E-state index in [1.807, 2.05) is 38.1 Å². The van der Waals surface area contributed by atoms with Crippen LogP contribution in [0, 0.1) is 0 Å². The third-order valence-electron chi connectivity index (χ3n) is 3.44. The van der Waals surface area contributed by atoms with Crippen molar-refractivity contribution in [3.8, 4) is 0 Å². The van der Waals surface area contributed by atoms with E-state index >= 15 is 0 Å². The van der Waals surface area contributed by atoms with Crippen molar-refractivity contribution in [3.05, 3.63) is 81.6 Å². The highest BCUT2D eigenvalue weighted by molar-refractivity contribution is 7.99. The topological polar surface area (TPSA) is 24.7 Å². The van der Waals surface area contributed by atoms with Crippen molar-refractivity contribution < 1.29 is 0 Å². The van der Waals surface area contributed by atoms with E-state index in [0.717, 1.165) is 17.2 Å². The normalized spacial score (nSPS) is 16.1. The third kappa shape index (κ3) is 5.43. The van der Waals surface area contributed by atoms with Gasteiger partial charge in [0.15, 0.2) is 0 Å². The number of rotatable bonds is 5. The SMILES string of the molecule is CC(C)=NN=S1C=CC=C1Cc1ccc(Sc2ccc(Cl)cc2)cc1. The molecule has 1 aliphatic heterocycles. The molecule has 0 amide bonds. The maximum absolute atomic E-state index is 5.93. The van der Waals surface area contributed by atoms with Gasteiger partial charge in [-0.2, -0.15) is 5.10 Å². The number of benzene rings is 2. The number of hydrogen-bond acceptors (Lipinski definition) is 2. The molecule has 0 spiro atoms. The highest BCUT2D eigenvalue weighted by atomic mass is 35.5. The Labute approximate surface area is 160 Å². The van der Waals surface area contributed by atoms with E-state index < -0.39 is 0 Å². The smallest absolute Gasteiger partial charge is 0.0406 e. The van der Waals surface area contributed by atoms with E-state index in [1.165, 1.54) is 20.3 Å².